The maximum atomic E-state index is 12.2. The van der Waals surface area contributed by atoms with Crippen LogP contribution in [-0.4, -0.2) is 16.7 Å². The van der Waals surface area contributed by atoms with Gasteiger partial charge >= 0.3 is 0 Å². The van der Waals surface area contributed by atoms with Crippen molar-refractivity contribution in [3.05, 3.63) is 35.9 Å². The fourth-order valence-corrected chi connectivity index (χ4v) is 2.38. The van der Waals surface area contributed by atoms with Gasteiger partial charge in [-0.3, -0.25) is 4.79 Å². The Kier molecular flexibility index (Phi) is 4.65. The standard InChI is InChI=1S/C17H21N3O2/c1-10(2)8-11(3)19-20-17(22)14-9-12-6-4-5-7-13(12)15(18)16(14)21/h4-7,9-10,21H,8,18H2,1-3H3,(H,20,22)/b19-11+. The largest absolute Gasteiger partial charge is 0.505 e. The van der Waals surface area contributed by atoms with Crippen LogP contribution < -0.4 is 11.2 Å². The molecule has 0 unspecified atom stereocenters. The lowest BCUT2D eigenvalue weighted by molar-refractivity contribution is 0.0952. The molecule has 0 aliphatic heterocycles. The molecule has 0 fully saturated rings. The molecular weight excluding hydrogens is 278 g/mol. The van der Waals surface area contributed by atoms with Gasteiger partial charge in [0.05, 0.1) is 11.3 Å². The van der Waals surface area contributed by atoms with E-state index in [4.69, 9.17) is 5.73 Å². The maximum Gasteiger partial charge on any atom is 0.275 e. The van der Waals surface area contributed by atoms with Crippen LogP contribution in [0.2, 0.25) is 0 Å². The first-order valence-corrected chi connectivity index (χ1v) is 7.23. The molecule has 4 N–H and O–H groups in total. The van der Waals surface area contributed by atoms with E-state index in [1.165, 1.54) is 0 Å². The van der Waals surface area contributed by atoms with Crippen LogP contribution in [0.1, 0.15) is 37.6 Å². The van der Waals surface area contributed by atoms with Crippen molar-refractivity contribution in [1.29, 1.82) is 0 Å². The molecule has 5 heteroatoms. The highest BCUT2D eigenvalue weighted by Crippen LogP contribution is 2.33. The number of carbonyl (C=O) groups excluding carboxylic acids is 1. The first-order chi connectivity index (χ1) is 10.4. The van der Waals surface area contributed by atoms with Gasteiger partial charge in [0.2, 0.25) is 0 Å². The van der Waals surface area contributed by atoms with Crippen LogP contribution in [0.4, 0.5) is 5.69 Å². The van der Waals surface area contributed by atoms with Gasteiger partial charge in [-0.05, 0) is 30.7 Å². The molecule has 0 atom stereocenters. The number of aromatic hydroxyl groups is 1. The molecule has 0 bridgehead atoms. The number of phenolic OH excluding ortho intramolecular Hbond substituents is 1. The number of fused-ring (bicyclic) bond motifs is 1. The molecule has 116 valence electrons. The third kappa shape index (κ3) is 3.36. The van der Waals surface area contributed by atoms with Gasteiger partial charge in [-0.1, -0.05) is 38.1 Å². The minimum Gasteiger partial charge on any atom is -0.505 e. The van der Waals surface area contributed by atoms with Crippen LogP contribution in [0.25, 0.3) is 10.8 Å². The number of nitrogens with two attached hydrogens (primary N) is 1. The summed E-state index contributed by atoms with van der Waals surface area (Å²) in [6.07, 6.45) is 0.798. The summed E-state index contributed by atoms with van der Waals surface area (Å²) in [6, 6.07) is 8.94. The number of rotatable bonds is 4. The number of nitrogen functional groups attached to an aromatic ring is 1. The van der Waals surface area contributed by atoms with Gasteiger partial charge in [0, 0.05) is 11.1 Å². The number of hydrazone groups is 1. The van der Waals surface area contributed by atoms with Crippen LogP contribution in [0.3, 0.4) is 0 Å². The predicted molar refractivity (Wildman–Crippen MR) is 90.1 cm³/mol. The predicted octanol–water partition coefficient (Wildman–Crippen LogP) is 3.28. The second-order valence-electron chi connectivity index (χ2n) is 5.79. The minimum atomic E-state index is -0.474. The molecule has 22 heavy (non-hydrogen) atoms. The SMILES string of the molecule is C/C(CC(C)C)=N\NC(=O)c1cc2ccccc2c(N)c1O. The Hall–Kier alpha value is -2.56. The van der Waals surface area contributed by atoms with Gasteiger partial charge < -0.3 is 10.8 Å². The fourth-order valence-electron chi connectivity index (χ4n) is 2.38. The quantitative estimate of drug-likeness (QED) is 0.350. The summed E-state index contributed by atoms with van der Waals surface area (Å²) in [5.41, 5.74) is 9.54. The lowest BCUT2D eigenvalue weighted by Gasteiger charge is -2.10. The van der Waals surface area contributed by atoms with Gasteiger partial charge in [-0.2, -0.15) is 5.10 Å². The van der Waals surface area contributed by atoms with Crippen LogP contribution in [-0.2, 0) is 0 Å². The van der Waals surface area contributed by atoms with E-state index in [9.17, 15) is 9.90 Å². The minimum absolute atomic E-state index is 0.122. The Morgan fingerprint density at radius 2 is 2.05 bits per heavy atom. The molecule has 0 aliphatic rings. The van der Waals surface area contributed by atoms with Gasteiger partial charge in [0.1, 0.15) is 0 Å². The number of amides is 1. The topological polar surface area (TPSA) is 87.7 Å². The van der Waals surface area contributed by atoms with Crippen molar-refractivity contribution in [3.8, 4) is 5.75 Å². The number of phenols is 1. The second-order valence-corrected chi connectivity index (χ2v) is 5.79. The fraction of sp³-hybridized carbons (Fsp3) is 0.294. The molecule has 0 radical (unpaired) electrons. The average Bonchev–Trinajstić information content (AvgIpc) is 2.48. The first kappa shape index (κ1) is 15.8. The summed E-state index contributed by atoms with van der Waals surface area (Å²) in [5, 5.41) is 15.7. The molecule has 0 saturated carbocycles. The molecule has 0 spiro atoms. The normalized spacial score (nSPS) is 11.9. The Morgan fingerprint density at radius 1 is 1.36 bits per heavy atom. The third-order valence-electron chi connectivity index (χ3n) is 3.36. The number of hydrogen-bond acceptors (Lipinski definition) is 4. The second kappa shape index (κ2) is 6.47. The molecule has 2 aromatic rings. The van der Waals surface area contributed by atoms with Crippen molar-refractivity contribution in [1.82, 2.24) is 5.43 Å². The van der Waals surface area contributed by atoms with Crippen molar-refractivity contribution in [3.63, 3.8) is 0 Å². The number of anilines is 1. The Labute approximate surface area is 129 Å². The van der Waals surface area contributed by atoms with Crippen LogP contribution in [0, 0.1) is 5.92 Å². The zero-order valence-electron chi connectivity index (χ0n) is 13.1. The Balaban J connectivity index is 2.30. The smallest absolute Gasteiger partial charge is 0.275 e. The van der Waals surface area contributed by atoms with E-state index in [0.29, 0.717) is 5.92 Å². The van der Waals surface area contributed by atoms with Crippen molar-refractivity contribution >= 4 is 28.1 Å². The molecule has 0 aromatic heterocycles. The van der Waals surface area contributed by atoms with Crippen LogP contribution in [0.5, 0.6) is 5.75 Å². The summed E-state index contributed by atoms with van der Waals surface area (Å²) in [5.74, 6) is -0.226. The third-order valence-corrected chi connectivity index (χ3v) is 3.36. The van der Waals surface area contributed by atoms with E-state index in [1.807, 2.05) is 25.1 Å². The van der Waals surface area contributed by atoms with E-state index in [-0.39, 0.29) is 17.0 Å². The average molecular weight is 299 g/mol. The Morgan fingerprint density at radius 3 is 2.73 bits per heavy atom. The molecule has 5 nitrogen and oxygen atoms in total. The molecule has 0 heterocycles. The Bertz CT molecular complexity index is 736. The molecule has 0 saturated heterocycles. The monoisotopic (exact) mass is 299 g/mol. The lowest BCUT2D eigenvalue weighted by atomic mass is 10.0. The summed E-state index contributed by atoms with van der Waals surface area (Å²) in [4.78, 5) is 12.2. The van der Waals surface area contributed by atoms with Crippen LogP contribution >= 0.6 is 0 Å². The summed E-state index contributed by atoms with van der Waals surface area (Å²) in [6.45, 7) is 6.02. The van der Waals surface area contributed by atoms with E-state index in [1.54, 1.807) is 12.1 Å². The van der Waals surface area contributed by atoms with Gasteiger partial charge in [-0.25, -0.2) is 5.43 Å². The summed E-state index contributed by atoms with van der Waals surface area (Å²) < 4.78 is 0. The number of benzene rings is 2. The molecule has 0 aliphatic carbocycles. The number of hydrogen-bond donors (Lipinski definition) is 3. The van der Waals surface area contributed by atoms with Crippen molar-refractivity contribution in [2.24, 2.45) is 11.0 Å². The van der Waals surface area contributed by atoms with Gasteiger partial charge in [-0.15, -0.1) is 0 Å². The van der Waals surface area contributed by atoms with Gasteiger partial charge in [0.25, 0.3) is 5.91 Å². The zero-order chi connectivity index (χ0) is 16.3. The highest BCUT2D eigenvalue weighted by atomic mass is 16.3. The van der Waals surface area contributed by atoms with E-state index >= 15 is 0 Å². The maximum absolute atomic E-state index is 12.2. The molecule has 2 rings (SSSR count). The van der Waals surface area contributed by atoms with Crippen molar-refractivity contribution < 1.29 is 9.90 Å². The summed E-state index contributed by atoms with van der Waals surface area (Å²) >= 11 is 0. The number of carbonyl (C=O) groups is 1. The number of nitrogens with one attached hydrogen (secondary N) is 1. The van der Waals surface area contributed by atoms with E-state index in [2.05, 4.69) is 24.4 Å². The zero-order valence-corrected chi connectivity index (χ0v) is 13.1. The van der Waals surface area contributed by atoms with Crippen molar-refractivity contribution in [2.45, 2.75) is 27.2 Å². The molecule has 2 aromatic carbocycles. The van der Waals surface area contributed by atoms with E-state index < -0.39 is 5.91 Å². The highest BCUT2D eigenvalue weighted by Gasteiger charge is 2.16. The van der Waals surface area contributed by atoms with Crippen molar-refractivity contribution in [2.75, 3.05) is 5.73 Å². The molecule has 1 amide bonds. The summed E-state index contributed by atoms with van der Waals surface area (Å²) in [7, 11) is 0. The molecular formula is C17H21N3O2. The van der Waals surface area contributed by atoms with E-state index in [0.717, 1.165) is 22.9 Å². The lowest BCUT2D eigenvalue weighted by Crippen LogP contribution is -2.20. The van der Waals surface area contributed by atoms with Gasteiger partial charge in [0.15, 0.2) is 5.75 Å². The first-order valence-electron chi connectivity index (χ1n) is 7.23. The highest BCUT2D eigenvalue weighted by molar-refractivity contribution is 6.07. The van der Waals surface area contributed by atoms with Crippen LogP contribution in [0.15, 0.2) is 35.4 Å². The number of nitrogens with zero attached hydrogens (tertiary/aromatic N) is 1.